The van der Waals surface area contributed by atoms with Crippen molar-refractivity contribution >= 4 is 22.6 Å². The normalized spacial score (nSPS) is 10.6. The summed E-state index contributed by atoms with van der Waals surface area (Å²) in [5.41, 5.74) is 2.00. The average Bonchev–Trinajstić information content (AvgIpc) is 2.48. The Bertz CT molecular complexity index is 911. The van der Waals surface area contributed by atoms with Crippen molar-refractivity contribution in [2.24, 2.45) is 0 Å². The number of fused-ring (bicyclic) bond motifs is 1. The van der Waals surface area contributed by atoms with E-state index in [1.807, 2.05) is 19.1 Å². The number of nitrogens with one attached hydrogen (secondary N) is 2. The van der Waals surface area contributed by atoms with Crippen LogP contribution in [-0.4, -0.2) is 11.0 Å². The van der Waals surface area contributed by atoms with Crippen molar-refractivity contribution in [2.75, 3.05) is 5.32 Å². The van der Waals surface area contributed by atoms with Crippen molar-refractivity contribution in [1.29, 1.82) is 5.41 Å². The van der Waals surface area contributed by atoms with Gasteiger partial charge in [0.2, 0.25) is 5.55 Å². The third-order valence-corrected chi connectivity index (χ3v) is 3.31. The summed E-state index contributed by atoms with van der Waals surface area (Å²) in [5, 5.41) is 20.6. The minimum atomic E-state index is -0.410. The highest BCUT2D eigenvalue weighted by molar-refractivity contribution is 6.05. The molecule has 1 heterocycles. The van der Waals surface area contributed by atoms with Crippen LogP contribution < -0.4 is 10.9 Å². The zero-order valence-corrected chi connectivity index (χ0v) is 11.9. The van der Waals surface area contributed by atoms with E-state index in [4.69, 9.17) is 9.83 Å². The quantitative estimate of drug-likeness (QED) is 0.678. The van der Waals surface area contributed by atoms with E-state index in [1.54, 1.807) is 24.3 Å². The smallest absolute Gasteiger partial charge is 0.261 e. The summed E-state index contributed by atoms with van der Waals surface area (Å²) in [6.07, 6.45) is 0. The van der Waals surface area contributed by atoms with Gasteiger partial charge < -0.3 is 14.8 Å². The number of phenolic OH excluding ortho intramolecular Hbond substituents is 1. The molecule has 0 fully saturated rings. The monoisotopic (exact) mass is 294 g/mol. The first-order chi connectivity index (χ1) is 10.5. The Hall–Kier alpha value is -3.08. The van der Waals surface area contributed by atoms with Gasteiger partial charge in [-0.3, -0.25) is 10.2 Å². The summed E-state index contributed by atoms with van der Waals surface area (Å²) in [7, 11) is 0. The van der Waals surface area contributed by atoms with Gasteiger partial charge in [0.1, 0.15) is 16.9 Å². The summed E-state index contributed by atoms with van der Waals surface area (Å²) in [4.78, 5) is 12.3. The van der Waals surface area contributed by atoms with Crippen LogP contribution in [0.1, 0.15) is 15.9 Å². The number of amides is 1. The fourth-order valence-corrected chi connectivity index (χ4v) is 2.12. The van der Waals surface area contributed by atoms with Crippen LogP contribution in [0.5, 0.6) is 5.75 Å². The minimum absolute atomic E-state index is 0.0486. The van der Waals surface area contributed by atoms with Gasteiger partial charge in [-0.2, -0.15) is 0 Å². The minimum Gasteiger partial charge on any atom is -0.508 e. The maximum atomic E-state index is 12.3. The number of carbonyl (C=O) groups excluding carboxylic acids is 1. The zero-order chi connectivity index (χ0) is 15.7. The Balaban J connectivity index is 1.96. The summed E-state index contributed by atoms with van der Waals surface area (Å²) in [6, 6.07) is 13.5. The first-order valence-electron chi connectivity index (χ1n) is 6.72. The molecule has 3 N–H and O–H groups in total. The highest BCUT2D eigenvalue weighted by Crippen LogP contribution is 2.19. The zero-order valence-electron chi connectivity index (χ0n) is 11.9. The van der Waals surface area contributed by atoms with Gasteiger partial charge in [-0.05, 0) is 37.3 Å². The molecular weight excluding hydrogens is 280 g/mol. The Kier molecular flexibility index (Phi) is 3.39. The van der Waals surface area contributed by atoms with Gasteiger partial charge in [0.15, 0.2) is 0 Å². The Morgan fingerprint density at radius 3 is 2.59 bits per heavy atom. The Labute approximate surface area is 126 Å². The lowest BCUT2D eigenvalue weighted by Crippen LogP contribution is -2.20. The molecule has 3 rings (SSSR count). The van der Waals surface area contributed by atoms with E-state index < -0.39 is 5.91 Å². The van der Waals surface area contributed by atoms with Crippen molar-refractivity contribution in [1.82, 2.24) is 0 Å². The fraction of sp³-hybridized carbons (Fsp3) is 0.0588. The molecule has 0 aliphatic carbocycles. The van der Waals surface area contributed by atoms with Crippen LogP contribution in [-0.2, 0) is 0 Å². The predicted octanol–water partition coefficient (Wildman–Crippen LogP) is 3.18. The van der Waals surface area contributed by atoms with Gasteiger partial charge in [0.25, 0.3) is 5.91 Å². The number of carbonyl (C=O) groups is 1. The average molecular weight is 294 g/mol. The van der Waals surface area contributed by atoms with Crippen LogP contribution in [0, 0.1) is 12.3 Å². The van der Waals surface area contributed by atoms with E-state index in [1.165, 1.54) is 12.1 Å². The van der Waals surface area contributed by atoms with Crippen LogP contribution in [0.4, 0.5) is 5.69 Å². The highest BCUT2D eigenvalue weighted by Gasteiger charge is 2.12. The second-order valence-corrected chi connectivity index (χ2v) is 5.03. The lowest BCUT2D eigenvalue weighted by Gasteiger charge is -2.06. The maximum absolute atomic E-state index is 12.3. The van der Waals surface area contributed by atoms with E-state index in [0.717, 1.165) is 5.56 Å². The topological polar surface area (TPSA) is 86.3 Å². The molecule has 0 saturated carbocycles. The van der Waals surface area contributed by atoms with Crippen molar-refractivity contribution in [3.05, 3.63) is 65.2 Å². The van der Waals surface area contributed by atoms with Crippen LogP contribution in [0.25, 0.3) is 11.0 Å². The summed E-state index contributed by atoms with van der Waals surface area (Å²) >= 11 is 0. The molecule has 0 spiro atoms. The lowest BCUT2D eigenvalue weighted by atomic mass is 10.1. The van der Waals surface area contributed by atoms with E-state index in [-0.39, 0.29) is 16.9 Å². The first kappa shape index (κ1) is 13.9. The van der Waals surface area contributed by atoms with Crippen LogP contribution >= 0.6 is 0 Å². The molecule has 0 aliphatic rings. The molecule has 22 heavy (non-hydrogen) atoms. The van der Waals surface area contributed by atoms with E-state index >= 15 is 0 Å². The number of phenols is 1. The third-order valence-electron chi connectivity index (χ3n) is 3.31. The number of aromatic hydroxyl groups is 1. The van der Waals surface area contributed by atoms with Gasteiger partial charge in [-0.1, -0.05) is 17.7 Å². The number of rotatable bonds is 2. The number of benzene rings is 2. The Morgan fingerprint density at radius 1 is 1.14 bits per heavy atom. The molecule has 2 aromatic carbocycles. The van der Waals surface area contributed by atoms with Gasteiger partial charge in [-0.15, -0.1) is 0 Å². The van der Waals surface area contributed by atoms with Gasteiger partial charge >= 0.3 is 0 Å². The molecule has 0 aliphatic heterocycles. The highest BCUT2D eigenvalue weighted by atomic mass is 16.3. The van der Waals surface area contributed by atoms with Crippen molar-refractivity contribution < 1.29 is 14.3 Å². The van der Waals surface area contributed by atoms with Gasteiger partial charge in [-0.25, -0.2) is 0 Å². The molecule has 5 nitrogen and oxygen atoms in total. The summed E-state index contributed by atoms with van der Waals surface area (Å²) < 4.78 is 5.30. The molecule has 1 aromatic heterocycles. The number of anilines is 1. The third kappa shape index (κ3) is 2.69. The molecule has 1 amide bonds. The number of aryl methyl sites for hydroxylation is 1. The van der Waals surface area contributed by atoms with Crippen molar-refractivity contribution in [2.45, 2.75) is 6.92 Å². The molecule has 0 unspecified atom stereocenters. The maximum Gasteiger partial charge on any atom is 0.261 e. The number of hydrogen-bond acceptors (Lipinski definition) is 4. The molecule has 0 radical (unpaired) electrons. The van der Waals surface area contributed by atoms with E-state index in [0.29, 0.717) is 16.7 Å². The second-order valence-electron chi connectivity index (χ2n) is 5.03. The Morgan fingerprint density at radius 2 is 1.86 bits per heavy atom. The molecule has 3 aromatic rings. The van der Waals surface area contributed by atoms with Crippen LogP contribution in [0.2, 0.25) is 0 Å². The van der Waals surface area contributed by atoms with E-state index in [2.05, 4.69) is 5.32 Å². The molecule has 110 valence electrons. The van der Waals surface area contributed by atoms with Gasteiger partial charge in [0.05, 0.1) is 0 Å². The molecular formula is C17H14N2O3. The number of hydrogen-bond donors (Lipinski definition) is 3. The molecule has 0 saturated heterocycles. The lowest BCUT2D eigenvalue weighted by molar-refractivity contribution is 0.102. The standard InChI is InChI=1S/C17H14N2O3/c1-10-2-5-12(6-3-10)19-17(21)14-8-11-4-7-13(20)9-15(11)22-16(14)18/h2-9,18,20H,1H3,(H,19,21). The molecule has 0 bridgehead atoms. The SMILES string of the molecule is Cc1ccc(NC(=O)c2cc3ccc(O)cc3oc2=N)cc1. The van der Waals surface area contributed by atoms with Crippen LogP contribution in [0.3, 0.4) is 0 Å². The van der Waals surface area contributed by atoms with E-state index in [9.17, 15) is 9.90 Å². The fourth-order valence-electron chi connectivity index (χ4n) is 2.12. The van der Waals surface area contributed by atoms with Crippen molar-refractivity contribution in [3.63, 3.8) is 0 Å². The molecule has 5 heteroatoms. The summed E-state index contributed by atoms with van der Waals surface area (Å²) in [6.45, 7) is 1.96. The molecule has 0 atom stereocenters. The first-order valence-corrected chi connectivity index (χ1v) is 6.72. The largest absolute Gasteiger partial charge is 0.508 e. The van der Waals surface area contributed by atoms with Crippen molar-refractivity contribution in [3.8, 4) is 5.75 Å². The van der Waals surface area contributed by atoms with Crippen LogP contribution in [0.15, 0.2) is 52.9 Å². The second kappa shape index (κ2) is 5.37. The summed E-state index contributed by atoms with van der Waals surface area (Å²) in [5.74, 6) is -0.361. The van der Waals surface area contributed by atoms with Gasteiger partial charge in [0, 0.05) is 17.1 Å². The predicted molar refractivity (Wildman–Crippen MR) is 82.9 cm³/mol.